The van der Waals surface area contributed by atoms with Gasteiger partial charge in [-0.25, -0.2) is 4.79 Å². The van der Waals surface area contributed by atoms with Crippen molar-refractivity contribution in [1.82, 2.24) is 0 Å². The third kappa shape index (κ3) is 4.40. The maximum atomic E-state index is 10.4. The average Bonchev–Trinajstić information content (AvgIpc) is 2.40. The van der Waals surface area contributed by atoms with Crippen LogP contribution in [0.3, 0.4) is 0 Å². The molecule has 0 spiro atoms. The van der Waals surface area contributed by atoms with Gasteiger partial charge in [0.1, 0.15) is 11.5 Å². The van der Waals surface area contributed by atoms with E-state index >= 15 is 0 Å². The van der Waals surface area contributed by atoms with Gasteiger partial charge in [0.05, 0.1) is 0 Å². The zero-order valence-electron chi connectivity index (χ0n) is 9.92. The van der Waals surface area contributed by atoms with Crippen molar-refractivity contribution < 1.29 is 14.6 Å². The summed E-state index contributed by atoms with van der Waals surface area (Å²) in [4.78, 5) is 10.4. The van der Waals surface area contributed by atoms with Crippen LogP contribution in [0, 0.1) is 3.57 Å². The van der Waals surface area contributed by atoms with E-state index in [1.165, 1.54) is 6.08 Å². The number of benzene rings is 2. The molecule has 0 aliphatic rings. The molecule has 2 aromatic rings. The predicted octanol–water partition coefficient (Wildman–Crippen LogP) is 4.18. The van der Waals surface area contributed by atoms with Crippen molar-refractivity contribution in [2.75, 3.05) is 0 Å². The van der Waals surface area contributed by atoms with E-state index in [1.807, 2.05) is 36.4 Å². The maximum absolute atomic E-state index is 10.4. The van der Waals surface area contributed by atoms with Crippen LogP contribution < -0.4 is 4.74 Å². The molecule has 19 heavy (non-hydrogen) atoms. The minimum absolute atomic E-state index is 0.716. The van der Waals surface area contributed by atoms with Crippen molar-refractivity contribution in [1.29, 1.82) is 0 Å². The Morgan fingerprint density at radius 3 is 2.05 bits per heavy atom. The topological polar surface area (TPSA) is 46.5 Å². The molecule has 0 bridgehead atoms. The van der Waals surface area contributed by atoms with Gasteiger partial charge < -0.3 is 9.84 Å². The number of hydrogen-bond donors (Lipinski definition) is 1. The van der Waals surface area contributed by atoms with Gasteiger partial charge in [-0.2, -0.15) is 0 Å². The highest BCUT2D eigenvalue weighted by Gasteiger charge is 1.97. The molecule has 0 aromatic heterocycles. The molecule has 0 unspecified atom stereocenters. The Morgan fingerprint density at radius 2 is 1.53 bits per heavy atom. The standard InChI is InChI=1S/C15H11IO3/c16-12-4-8-14(9-5-12)19-13-6-1-11(2-7-13)3-10-15(17)18/h1-10H,(H,17,18)/b10-3+. The first kappa shape index (κ1) is 13.6. The molecule has 2 rings (SSSR count). The van der Waals surface area contributed by atoms with E-state index in [2.05, 4.69) is 22.6 Å². The number of aliphatic carboxylic acids is 1. The predicted molar refractivity (Wildman–Crippen MR) is 82.3 cm³/mol. The molecule has 0 atom stereocenters. The lowest BCUT2D eigenvalue weighted by Crippen LogP contribution is -1.86. The summed E-state index contributed by atoms with van der Waals surface area (Å²) in [6.45, 7) is 0. The van der Waals surface area contributed by atoms with Gasteiger partial charge >= 0.3 is 5.97 Å². The number of rotatable bonds is 4. The van der Waals surface area contributed by atoms with Crippen LogP contribution in [0.5, 0.6) is 11.5 Å². The second kappa shape index (κ2) is 6.38. The van der Waals surface area contributed by atoms with Gasteiger partial charge in [-0.15, -0.1) is 0 Å². The second-order valence-corrected chi connectivity index (χ2v) is 5.04. The lowest BCUT2D eigenvalue weighted by atomic mass is 10.2. The zero-order valence-corrected chi connectivity index (χ0v) is 12.1. The molecule has 0 heterocycles. The summed E-state index contributed by atoms with van der Waals surface area (Å²) in [6, 6.07) is 15.0. The van der Waals surface area contributed by atoms with Gasteiger partial charge in [0, 0.05) is 9.65 Å². The molecule has 0 amide bonds. The van der Waals surface area contributed by atoms with Crippen molar-refractivity contribution in [2.45, 2.75) is 0 Å². The summed E-state index contributed by atoms with van der Waals surface area (Å²) in [5.41, 5.74) is 0.817. The van der Waals surface area contributed by atoms with Gasteiger partial charge in [0.15, 0.2) is 0 Å². The van der Waals surface area contributed by atoms with Crippen LogP contribution in [-0.4, -0.2) is 11.1 Å². The lowest BCUT2D eigenvalue weighted by molar-refractivity contribution is -0.131. The van der Waals surface area contributed by atoms with E-state index in [4.69, 9.17) is 9.84 Å². The smallest absolute Gasteiger partial charge is 0.328 e. The molecule has 96 valence electrons. The van der Waals surface area contributed by atoms with Crippen LogP contribution in [-0.2, 0) is 4.79 Å². The van der Waals surface area contributed by atoms with Crippen molar-refractivity contribution >= 4 is 34.6 Å². The molecule has 2 aromatic carbocycles. The minimum Gasteiger partial charge on any atom is -0.478 e. The van der Waals surface area contributed by atoms with Gasteiger partial charge in [0.25, 0.3) is 0 Å². The quantitative estimate of drug-likeness (QED) is 0.652. The molecule has 0 fully saturated rings. The summed E-state index contributed by atoms with van der Waals surface area (Å²) in [5.74, 6) is 0.530. The molecule has 4 heteroatoms. The number of ether oxygens (including phenoxy) is 1. The number of hydrogen-bond acceptors (Lipinski definition) is 2. The first-order chi connectivity index (χ1) is 9.13. The van der Waals surface area contributed by atoms with E-state index in [-0.39, 0.29) is 0 Å². The van der Waals surface area contributed by atoms with Crippen LogP contribution in [0.25, 0.3) is 6.08 Å². The third-order valence-corrected chi connectivity index (χ3v) is 3.07. The fraction of sp³-hybridized carbons (Fsp3) is 0. The largest absolute Gasteiger partial charge is 0.478 e. The number of carboxylic acids is 1. The minimum atomic E-state index is -0.959. The van der Waals surface area contributed by atoms with Crippen LogP contribution in [0.1, 0.15) is 5.56 Å². The number of carbonyl (C=O) groups is 1. The molecule has 0 saturated carbocycles. The van der Waals surface area contributed by atoms with Crippen LogP contribution in [0.15, 0.2) is 54.6 Å². The SMILES string of the molecule is O=C(O)/C=C/c1ccc(Oc2ccc(I)cc2)cc1. The summed E-state index contributed by atoms with van der Waals surface area (Å²) in [7, 11) is 0. The summed E-state index contributed by atoms with van der Waals surface area (Å²) in [6.07, 6.45) is 2.64. The summed E-state index contributed by atoms with van der Waals surface area (Å²) < 4.78 is 6.82. The highest BCUT2D eigenvalue weighted by Crippen LogP contribution is 2.22. The Labute approximate surface area is 124 Å². The van der Waals surface area contributed by atoms with Crippen molar-refractivity contribution in [3.8, 4) is 11.5 Å². The van der Waals surface area contributed by atoms with Crippen molar-refractivity contribution in [3.05, 3.63) is 63.7 Å². The lowest BCUT2D eigenvalue weighted by Gasteiger charge is -2.05. The van der Waals surface area contributed by atoms with E-state index in [0.29, 0.717) is 5.75 Å². The van der Waals surface area contributed by atoms with Gasteiger partial charge in [-0.05, 0) is 70.6 Å². The number of halogens is 1. The monoisotopic (exact) mass is 366 g/mol. The van der Waals surface area contributed by atoms with E-state index in [1.54, 1.807) is 12.1 Å². The van der Waals surface area contributed by atoms with E-state index < -0.39 is 5.97 Å². The zero-order chi connectivity index (χ0) is 13.7. The highest BCUT2D eigenvalue weighted by molar-refractivity contribution is 14.1. The Balaban J connectivity index is 2.06. The fourth-order valence-electron chi connectivity index (χ4n) is 1.45. The highest BCUT2D eigenvalue weighted by atomic mass is 127. The Kier molecular flexibility index (Phi) is 4.57. The second-order valence-electron chi connectivity index (χ2n) is 3.80. The first-order valence-electron chi connectivity index (χ1n) is 5.58. The molecule has 0 radical (unpaired) electrons. The summed E-state index contributed by atoms with van der Waals surface area (Å²) in [5, 5.41) is 8.53. The van der Waals surface area contributed by atoms with E-state index in [9.17, 15) is 4.79 Å². The first-order valence-corrected chi connectivity index (χ1v) is 6.66. The van der Waals surface area contributed by atoms with Gasteiger partial charge in [-0.1, -0.05) is 12.1 Å². The van der Waals surface area contributed by atoms with Crippen LogP contribution in [0.2, 0.25) is 0 Å². The number of carboxylic acid groups (broad SMARTS) is 1. The molecule has 0 aliphatic heterocycles. The average molecular weight is 366 g/mol. The Morgan fingerprint density at radius 1 is 1.00 bits per heavy atom. The van der Waals surface area contributed by atoms with E-state index in [0.717, 1.165) is 21.0 Å². The van der Waals surface area contributed by atoms with Crippen LogP contribution >= 0.6 is 22.6 Å². The maximum Gasteiger partial charge on any atom is 0.328 e. The van der Waals surface area contributed by atoms with Crippen LogP contribution in [0.4, 0.5) is 0 Å². The Bertz CT molecular complexity index is 586. The fourth-order valence-corrected chi connectivity index (χ4v) is 1.81. The third-order valence-electron chi connectivity index (χ3n) is 2.35. The Hall–Kier alpha value is -1.82. The van der Waals surface area contributed by atoms with Crippen molar-refractivity contribution in [2.24, 2.45) is 0 Å². The molecule has 0 aliphatic carbocycles. The van der Waals surface area contributed by atoms with Crippen molar-refractivity contribution in [3.63, 3.8) is 0 Å². The normalized spacial score (nSPS) is 10.6. The molecule has 0 saturated heterocycles. The molecular weight excluding hydrogens is 355 g/mol. The molecular formula is C15H11IO3. The molecule has 1 N–H and O–H groups in total. The van der Waals surface area contributed by atoms with Gasteiger partial charge in [0.2, 0.25) is 0 Å². The van der Waals surface area contributed by atoms with Gasteiger partial charge in [-0.3, -0.25) is 0 Å². The molecule has 3 nitrogen and oxygen atoms in total. The summed E-state index contributed by atoms with van der Waals surface area (Å²) >= 11 is 2.24.